The summed E-state index contributed by atoms with van der Waals surface area (Å²) in [6, 6.07) is 9.11. The van der Waals surface area contributed by atoms with E-state index < -0.39 is 0 Å². The van der Waals surface area contributed by atoms with Gasteiger partial charge in [-0.15, -0.1) is 0 Å². The fraction of sp³-hybridized carbons (Fsp3) is 0.533. The summed E-state index contributed by atoms with van der Waals surface area (Å²) in [5.74, 6) is 0. The third-order valence-corrected chi connectivity index (χ3v) is 4.87. The van der Waals surface area contributed by atoms with Crippen LogP contribution in [-0.4, -0.2) is 37.1 Å². The molecule has 0 aromatic heterocycles. The van der Waals surface area contributed by atoms with Crippen LogP contribution in [0.4, 0.5) is 5.69 Å². The minimum Gasteiger partial charge on any atom is -0.369 e. The molecule has 2 aliphatic heterocycles. The van der Waals surface area contributed by atoms with Crippen LogP contribution in [0, 0.1) is 11.3 Å². The van der Waals surface area contributed by atoms with Crippen molar-refractivity contribution >= 4 is 17.3 Å². The zero-order valence-electron chi connectivity index (χ0n) is 11.1. The van der Waals surface area contributed by atoms with E-state index in [1.165, 1.54) is 19.3 Å². The Morgan fingerprint density at radius 1 is 1.26 bits per heavy atom. The number of rotatable bonds is 1. The van der Waals surface area contributed by atoms with Crippen molar-refractivity contribution < 1.29 is 0 Å². The van der Waals surface area contributed by atoms with Gasteiger partial charge in [-0.1, -0.05) is 11.6 Å². The van der Waals surface area contributed by atoms with Gasteiger partial charge in [0.1, 0.15) is 0 Å². The Hall–Kier alpha value is -1.24. The summed E-state index contributed by atoms with van der Waals surface area (Å²) >= 11 is 6.33. The molecule has 1 aromatic rings. The van der Waals surface area contributed by atoms with Crippen molar-refractivity contribution in [2.75, 3.05) is 25.0 Å². The first-order valence-corrected chi connectivity index (χ1v) is 7.23. The van der Waals surface area contributed by atoms with Crippen molar-refractivity contribution in [3.63, 3.8) is 0 Å². The highest BCUT2D eigenvalue weighted by atomic mass is 35.5. The number of hydrogen-bond donors (Lipinski definition) is 0. The molecule has 0 radical (unpaired) electrons. The van der Waals surface area contributed by atoms with Crippen molar-refractivity contribution in [1.82, 2.24) is 4.90 Å². The topological polar surface area (TPSA) is 30.3 Å². The number of likely N-dealkylation sites (N-methyl/N-ethyl adjacent to an activating group) is 1. The standard InChI is InChI=1S/C15H18ClN3/c1-18-12-3-4-13(18)10-19(7-6-12)15-5-2-11(9-17)8-14(15)16/h2,5,8,12-13H,3-4,6-7,10H2,1H3. The molecule has 2 unspecified atom stereocenters. The van der Waals surface area contributed by atoms with E-state index in [4.69, 9.17) is 16.9 Å². The highest BCUT2D eigenvalue weighted by Gasteiger charge is 2.34. The van der Waals surface area contributed by atoms with Crippen LogP contribution in [0.15, 0.2) is 18.2 Å². The molecule has 2 heterocycles. The summed E-state index contributed by atoms with van der Waals surface area (Å²) in [6.07, 6.45) is 3.81. The van der Waals surface area contributed by atoms with Gasteiger partial charge in [0.05, 0.1) is 22.3 Å². The maximum Gasteiger partial charge on any atom is 0.0992 e. The molecule has 0 spiro atoms. The van der Waals surface area contributed by atoms with Crippen molar-refractivity contribution in [1.29, 1.82) is 5.26 Å². The van der Waals surface area contributed by atoms with E-state index in [1.807, 2.05) is 12.1 Å². The molecular weight excluding hydrogens is 258 g/mol. The minimum atomic E-state index is 0.627. The highest BCUT2D eigenvalue weighted by molar-refractivity contribution is 6.33. The third kappa shape index (κ3) is 2.31. The molecule has 0 amide bonds. The molecule has 3 rings (SSSR count). The Bertz CT molecular complexity index is 523. The normalized spacial score (nSPS) is 27.1. The third-order valence-electron chi connectivity index (χ3n) is 4.57. The summed E-state index contributed by atoms with van der Waals surface area (Å²) in [5.41, 5.74) is 1.70. The lowest BCUT2D eigenvalue weighted by molar-refractivity contribution is 0.254. The van der Waals surface area contributed by atoms with E-state index in [-0.39, 0.29) is 0 Å². The lowest BCUT2D eigenvalue weighted by Crippen LogP contribution is -2.36. The molecule has 1 aromatic carbocycles. The molecule has 2 aliphatic rings. The van der Waals surface area contributed by atoms with Gasteiger partial charge in [0, 0.05) is 25.2 Å². The van der Waals surface area contributed by atoms with Gasteiger partial charge in [0.15, 0.2) is 0 Å². The maximum absolute atomic E-state index is 8.90. The Morgan fingerprint density at radius 3 is 2.79 bits per heavy atom. The first-order valence-electron chi connectivity index (χ1n) is 6.85. The molecule has 100 valence electrons. The van der Waals surface area contributed by atoms with Gasteiger partial charge in [0.2, 0.25) is 0 Å². The average Bonchev–Trinajstić information content (AvgIpc) is 2.64. The van der Waals surface area contributed by atoms with Gasteiger partial charge >= 0.3 is 0 Å². The fourth-order valence-corrected chi connectivity index (χ4v) is 3.66. The molecule has 2 atom stereocenters. The molecule has 19 heavy (non-hydrogen) atoms. The lowest BCUT2D eigenvalue weighted by atomic mass is 10.1. The summed E-state index contributed by atoms with van der Waals surface area (Å²) in [4.78, 5) is 4.90. The van der Waals surface area contributed by atoms with E-state index in [9.17, 15) is 0 Å². The lowest BCUT2D eigenvalue weighted by Gasteiger charge is -2.28. The number of fused-ring (bicyclic) bond motifs is 2. The van der Waals surface area contributed by atoms with Crippen LogP contribution in [0.25, 0.3) is 0 Å². The van der Waals surface area contributed by atoms with Gasteiger partial charge in [-0.05, 0) is 44.5 Å². The number of nitriles is 1. The highest BCUT2D eigenvalue weighted by Crippen LogP contribution is 2.33. The van der Waals surface area contributed by atoms with Crippen molar-refractivity contribution in [3.05, 3.63) is 28.8 Å². The second-order valence-corrected chi connectivity index (χ2v) is 5.97. The zero-order chi connectivity index (χ0) is 13.4. The number of benzene rings is 1. The molecule has 2 saturated heterocycles. The van der Waals surface area contributed by atoms with Crippen LogP contribution >= 0.6 is 11.6 Å². The van der Waals surface area contributed by atoms with Gasteiger partial charge in [0.25, 0.3) is 0 Å². The maximum atomic E-state index is 8.90. The number of halogens is 1. The van der Waals surface area contributed by atoms with Crippen LogP contribution in [0.5, 0.6) is 0 Å². The molecular formula is C15H18ClN3. The molecule has 4 heteroatoms. The van der Waals surface area contributed by atoms with Gasteiger partial charge in [-0.25, -0.2) is 0 Å². The Labute approximate surface area is 119 Å². The SMILES string of the molecule is CN1C2CCC1CN(c1ccc(C#N)cc1Cl)CC2. The van der Waals surface area contributed by atoms with Crippen LogP contribution in [-0.2, 0) is 0 Å². The van der Waals surface area contributed by atoms with Crippen LogP contribution < -0.4 is 4.90 Å². The predicted molar refractivity (Wildman–Crippen MR) is 77.6 cm³/mol. The predicted octanol–water partition coefficient (Wildman–Crippen LogP) is 2.88. The summed E-state index contributed by atoms with van der Waals surface area (Å²) in [5, 5.41) is 9.59. The van der Waals surface area contributed by atoms with Crippen molar-refractivity contribution in [2.45, 2.75) is 31.3 Å². The van der Waals surface area contributed by atoms with E-state index in [1.54, 1.807) is 6.07 Å². The summed E-state index contributed by atoms with van der Waals surface area (Å²) < 4.78 is 0. The number of hydrogen-bond acceptors (Lipinski definition) is 3. The van der Waals surface area contributed by atoms with Crippen molar-refractivity contribution in [3.8, 4) is 6.07 Å². The van der Waals surface area contributed by atoms with Gasteiger partial charge in [-0.3, -0.25) is 4.90 Å². The summed E-state index contributed by atoms with van der Waals surface area (Å²) in [7, 11) is 2.24. The van der Waals surface area contributed by atoms with E-state index in [0.717, 1.165) is 24.8 Å². The van der Waals surface area contributed by atoms with Crippen molar-refractivity contribution in [2.24, 2.45) is 0 Å². The van der Waals surface area contributed by atoms with Crippen LogP contribution in [0.3, 0.4) is 0 Å². The first-order chi connectivity index (χ1) is 9.19. The largest absolute Gasteiger partial charge is 0.369 e. The number of anilines is 1. The quantitative estimate of drug-likeness (QED) is 0.789. The van der Waals surface area contributed by atoms with E-state index >= 15 is 0 Å². The molecule has 2 bridgehead atoms. The average molecular weight is 276 g/mol. The van der Waals surface area contributed by atoms with Crippen LogP contribution in [0.1, 0.15) is 24.8 Å². The van der Waals surface area contributed by atoms with E-state index in [2.05, 4.69) is 22.9 Å². The molecule has 0 saturated carbocycles. The smallest absolute Gasteiger partial charge is 0.0992 e. The zero-order valence-corrected chi connectivity index (χ0v) is 11.9. The Kier molecular flexibility index (Phi) is 3.38. The second-order valence-electron chi connectivity index (χ2n) is 5.56. The fourth-order valence-electron chi connectivity index (χ4n) is 3.36. The first kappa shape index (κ1) is 12.8. The molecule has 0 aliphatic carbocycles. The molecule has 2 fully saturated rings. The minimum absolute atomic E-state index is 0.627. The van der Waals surface area contributed by atoms with Gasteiger partial charge < -0.3 is 4.90 Å². The Morgan fingerprint density at radius 2 is 2.05 bits per heavy atom. The van der Waals surface area contributed by atoms with Gasteiger partial charge in [-0.2, -0.15) is 5.26 Å². The monoisotopic (exact) mass is 275 g/mol. The summed E-state index contributed by atoms with van der Waals surface area (Å²) in [6.45, 7) is 2.09. The molecule has 3 nitrogen and oxygen atoms in total. The molecule has 0 N–H and O–H groups in total. The Balaban J connectivity index is 1.85. The van der Waals surface area contributed by atoms with Crippen LogP contribution in [0.2, 0.25) is 5.02 Å². The second kappa shape index (κ2) is 5.03. The van der Waals surface area contributed by atoms with E-state index in [0.29, 0.717) is 16.6 Å². The number of nitrogens with zero attached hydrogens (tertiary/aromatic N) is 3.